The van der Waals surface area contributed by atoms with E-state index in [1.165, 1.54) is 27.8 Å². The second-order valence-electron chi connectivity index (χ2n) is 8.65. The monoisotopic (exact) mass is 482 g/mol. The minimum Gasteiger partial charge on any atom is -0.491 e. The van der Waals surface area contributed by atoms with Crippen molar-refractivity contribution < 1.29 is 9.84 Å². The molecular formula is C26H31BrN2O2. The number of aliphatic hydroxyl groups excluding tert-OH is 1. The molecule has 31 heavy (non-hydrogen) atoms. The lowest BCUT2D eigenvalue weighted by Gasteiger charge is -2.38. The van der Waals surface area contributed by atoms with E-state index in [4.69, 9.17) is 4.74 Å². The molecule has 4 nitrogen and oxygen atoms in total. The molecule has 0 bridgehead atoms. The van der Waals surface area contributed by atoms with E-state index in [2.05, 4.69) is 76.8 Å². The minimum atomic E-state index is -0.505. The van der Waals surface area contributed by atoms with E-state index >= 15 is 0 Å². The normalized spacial score (nSPS) is 16.0. The molecule has 1 atom stereocenters. The van der Waals surface area contributed by atoms with Crippen LogP contribution in [0.5, 0.6) is 5.75 Å². The molecule has 1 saturated heterocycles. The summed E-state index contributed by atoms with van der Waals surface area (Å²) in [5.74, 6) is 0.795. The van der Waals surface area contributed by atoms with Crippen molar-refractivity contribution >= 4 is 32.4 Å². The van der Waals surface area contributed by atoms with Gasteiger partial charge in [0.1, 0.15) is 18.5 Å². The van der Waals surface area contributed by atoms with Crippen molar-refractivity contribution in [1.29, 1.82) is 0 Å². The number of hydrogen-bond acceptors (Lipinski definition) is 4. The van der Waals surface area contributed by atoms with Crippen LogP contribution in [0.1, 0.15) is 16.7 Å². The number of benzene rings is 3. The molecule has 0 radical (unpaired) electrons. The van der Waals surface area contributed by atoms with E-state index in [1.807, 2.05) is 18.2 Å². The largest absolute Gasteiger partial charge is 0.491 e. The van der Waals surface area contributed by atoms with Gasteiger partial charge in [-0.05, 0) is 66.9 Å². The average Bonchev–Trinajstić information content (AvgIpc) is 2.73. The van der Waals surface area contributed by atoms with Crippen LogP contribution >= 0.6 is 15.9 Å². The van der Waals surface area contributed by atoms with Crippen LogP contribution in [0.25, 0.3) is 10.8 Å². The summed E-state index contributed by atoms with van der Waals surface area (Å²) in [5, 5.41) is 12.8. The number of anilines is 1. The van der Waals surface area contributed by atoms with Crippen molar-refractivity contribution in [2.45, 2.75) is 26.9 Å². The summed E-state index contributed by atoms with van der Waals surface area (Å²) in [7, 11) is 0. The van der Waals surface area contributed by atoms with Gasteiger partial charge in [0.15, 0.2) is 0 Å². The van der Waals surface area contributed by atoms with Gasteiger partial charge >= 0.3 is 0 Å². The van der Waals surface area contributed by atoms with Crippen LogP contribution in [0.15, 0.2) is 53.0 Å². The summed E-state index contributed by atoms with van der Waals surface area (Å²) in [4.78, 5) is 4.82. The number of β-amino-alcohol motifs (C(OH)–C–C–N with tert-alkyl or cyclic N) is 1. The highest BCUT2D eigenvalue weighted by molar-refractivity contribution is 9.10. The first kappa shape index (κ1) is 22.1. The fourth-order valence-electron chi connectivity index (χ4n) is 4.65. The number of aryl methyl sites for hydroxylation is 3. The van der Waals surface area contributed by atoms with Gasteiger partial charge in [-0.25, -0.2) is 0 Å². The number of piperazine rings is 1. The number of fused-ring (bicyclic) bond motifs is 1. The van der Waals surface area contributed by atoms with Gasteiger partial charge in [-0.15, -0.1) is 0 Å². The number of nitrogens with zero attached hydrogens (tertiary/aromatic N) is 2. The summed E-state index contributed by atoms with van der Waals surface area (Å²) in [5.41, 5.74) is 5.39. The standard InChI is InChI=1S/C26H31BrN2O2/c1-18-12-19(2)26(20(3)13-18)29-10-8-28(9-11-29)16-24(30)17-31-25-7-5-21-14-23(27)6-4-22(21)15-25/h4-7,12-15,24,30H,8-11,16-17H2,1-3H3/t24-/m1/s1. The summed E-state index contributed by atoms with van der Waals surface area (Å²) in [6, 6.07) is 16.8. The van der Waals surface area contributed by atoms with E-state index in [1.54, 1.807) is 0 Å². The Morgan fingerprint density at radius 2 is 1.55 bits per heavy atom. The molecule has 0 aromatic heterocycles. The maximum absolute atomic E-state index is 10.5. The summed E-state index contributed by atoms with van der Waals surface area (Å²) in [6.07, 6.45) is -0.505. The third-order valence-electron chi connectivity index (χ3n) is 6.01. The molecule has 1 fully saturated rings. The topological polar surface area (TPSA) is 35.9 Å². The maximum atomic E-state index is 10.5. The van der Waals surface area contributed by atoms with Crippen LogP contribution < -0.4 is 9.64 Å². The molecular weight excluding hydrogens is 452 g/mol. The van der Waals surface area contributed by atoms with Gasteiger partial charge < -0.3 is 14.7 Å². The Morgan fingerprint density at radius 3 is 2.26 bits per heavy atom. The molecule has 0 unspecified atom stereocenters. The molecule has 1 aliphatic heterocycles. The first-order valence-electron chi connectivity index (χ1n) is 10.9. The zero-order valence-corrected chi connectivity index (χ0v) is 20.2. The molecule has 1 heterocycles. The van der Waals surface area contributed by atoms with Crippen LogP contribution in [0.3, 0.4) is 0 Å². The van der Waals surface area contributed by atoms with E-state index < -0.39 is 6.10 Å². The van der Waals surface area contributed by atoms with Crippen molar-refractivity contribution in [2.24, 2.45) is 0 Å². The highest BCUT2D eigenvalue weighted by Gasteiger charge is 2.21. The Bertz CT molecular complexity index is 1040. The van der Waals surface area contributed by atoms with Crippen LogP contribution in [-0.2, 0) is 0 Å². The van der Waals surface area contributed by atoms with Crippen LogP contribution in [0.2, 0.25) is 0 Å². The second-order valence-corrected chi connectivity index (χ2v) is 9.57. The molecule has 1 aliphatic rings. The fourth-order valence-corrected chi connectivity index (χ4v) is 5.03. The number of aliphatic hydroxyl groups is 1. The third-order valence-corrected chi connectivity index (χ3v) is 6.50. The molecule has 4 rings (SSSR count). The highest BCUT2D eigenvalue weighted by Crippen LogP contribution is 2.27. The molecule has 0 amide bonds. The molecule has 0 saturated carbocycles. The van der Waals surface area contributed by atoms with Crippen LogP contribution in [0.4, 0.5) is 5.69 Å². The minimum absolute atomic E-state index is 0.304. The Kier molecular flexibility index (Phi) is 6.85. The smallest absolute Gasteiger partial charge is 0.120 e. The number of ether oxygens (including phenoxy) is 1. The zero-order chi connectivity index (χ0) is 22.0. The van der Waals surface area contributed by atoms with Crippen LogP contribution in [-0.4, -0.2) is 55.4 Å². The Labute approximate surface area is 193 Å². The van der Waals surface area contributed by atoms with Gasteiger partial charge in [0, 0.05) is 42.9 Å². The predicted octanol–water partition coefficient (Wildman–Crippen LogP) is 5.09. The molecule has 0 spiro atoms. The fraction of sp³-hybridized carbons (Fsp3) is 0.385. The molecule has 5 heteroatoms. The van der Waals surface area contributed by atoms with Crippen molar-refractivity contribution in [1.82, 2.24) is 4.90 Å². The Morgan fingerprint density at radius 1 is 0.903 bits per heavy atom. The van der Waals surface area contributed by atoms with E-state index in [0.29, 0.717) is 13.2 Å². The molecule has 1 N–H and O–H groups in total. The lowest BCUT2D eigenvalue weighted by Crippen LogP contribution is -2.49. The Hall–Kier alpha value is -2.08. The predicted molar refractivity (Wildman–Crippen MR) is 132 cm³/mol. The second kappa shape index (κ2) is 9.60. The molecule has 0 aliphatic carbocycles. The van der Waals surface area contributed by atoms with Crippen molar-refractivity contribution in [2.75, 3.05) is 44.2 Å². The van der Waals surface area contributed by atoms with Crippen molar-refractivity contribution in [3.05, 3.63) is 69.7 Å². The zero-order valence-electron chi connectivity index (χ0n) is 18.6. The molecule has 3 aromatic rings. The summed E-state index contributed by atoms with van der Waals surface area (Å²) in [6.45, 7) is 11.4. The first-order chi connectivity index (χ1) is 14.9. The van der Waals surface area contributed by atoms with E-state index in [-0.39, 0.29) is 0 Å². The van der Waals surface area contributed by atoms with E-state index in [0.717, 1.165) is 41.8 Å². The SMILES string of the molecule is Cc1cc(C)c(N2CCN(C[C@@H](O)COc3ccc4cc(Br)ccc4c3)CC2)c(C)c1. The van der Waals surface area contributed by atoms with Gasteiger partial charge in [-0.1, -0.05) is 45.8 Å². The maximum Gasteiger partial charge on any atom is 0.120 e. The first-order valence-corrected chi connectivity index (χ1v) is 11.7. The van der Waals surface area contributed by atoms with Crippen molar-refractivity contribution in [3.8, 4) is 5.75 Å². The number of halogens is 1. The molecule has 3 aromatic carbocycles. The Balaban J connectivity index is 1.27. The van der Waals surface area contributed by atoms with Gasteiger partial charge in [-0.2, -0.15) is 0 Å². The highest BCUT2D eigenvalue weighted by atomic mass is 79.9. The average molecular weight is 483 g/mol. The number of rotatable bonds is 6. The summed E-state index contributed by atoms with van der Waals surface area (Å²) >= 11 is 3.50. The van der Waals surface area contributed by atoms with E-state index in [9.17, 15) is 5.11 Å². The summed E-state index contributed by atoms with van der Waals surface area (Å²) < 4.78 is 6.95. The van der Waals surface area contributed by atoms with Crippen molar-refractivity contribution in [3.63, 3.8) is 0 Å². The van der Waals surface area contributed by atoms with Gasteiger partial charge in [-0.3, -0.25) is 4.90 Å². The molecule has 164 valence electrons. The quantitative estimate of drug-likeness (QED) is 0.530. The number of hydrogen-bond donors (Lipinski definition) is 1. The van der Waals surface area contributed by atoms with Crippen LogP contribution in [0, 0.1) is 20.8 Å². The lowest BCUT2D eigenvalue weighted by molar-refractivity contribution is 0.0663. The van der Waals surface area contributed by atoms with Gasteiger partial charge in [0.05, 0.1) is 0 Å². The lowest BCUT2D eigenvalue weighted by atomic mass is 10.0. The third kappa shape index (κ3) is 5.40. The van der Waals surface area contributed by atoms with Gasteiger partial charge in [0.2, 0.25) is 0 Å². The van der Waals surface area contributed by atoms with Gasteiger partial charge in [0.25, 0.3) is 0 Å².